The standard InChI is InChI=1S/C12H7Cl2FN2O2/c13-7-1-2-11(14)12(3-7)16-9-4-8(15)5-10(6-9)17(18)19/h1-6,16H. The Kier molecular flexibility index (Phi) is 3.87. The van der Waals surface area contributed by atoms with Gasteiger partial charge in [-0.3, -0.25) is 10.1 Å². The molecular weight excluding hydrogens is 294 g/mol. The highest BCUT2D eigenvalue weighted by Gasteiger charge is 2.11. The predicted molar refractivity (Wildman–Crippen MR) is 72.8 cm³/mol. The molecule has 0 atom stereocenters. The summed E-state index contributed by atoms with van der Waals surface area (Å²) in [6.45, 7) is 0. The number of non-ortho nitro benzene ring substituents is 1. The molecule has 0 bridgehead atoms. The summed E-state index contributed by atoms with van der Waals surface area (Å²) in [5.74, 6) is -0.713. The van der Waals surface area contributed by atoms with Crippen LogP contribution in [0.2, 0.25) is 10.0 Å². The van der Waals surface area contributed by atoms with Crippen molar-refractivity contribution in [3.05, 3.63) is 62.4 Å². The number of nitro benzene ring substituents is 1. The fourth-order valence-corrected chi connectivity index (χ4v) is 1.84. The van der Waals surface area contributed by atoms with E-state index in [0.717, 1.165) is 12.1 Å². The van der Waals surface area contributed by atoms with Gasteiger partial charge in [-0.1, -0.05) is 23.2 Å². The fraction of sp³-hybridized carbons (Fsp3) is 0. The topological polar surface area (TPSA) is 55.2 Å². The van der Waals surface area contributed by atoms with Gasteiger partial charge in [-0.25, -0.2) is 4.39 Å². The molecule has 0 unspecified atom stereocenters. The van der Waals surface area contributed by atoms with Crippen LogP contribution in [0.25, 0.3) is 0 Å². The van der Waals surface area contributed by atoms with E-state index in [4.69, 9.17) is 23.2 Å². The van der Waals surface area contributed by atoms with Gasteiger partial charge in [0.1, 0.15) is 5.82 Å². The van der Waals surface area contributed by atoms with Crippen LogP contribution in [0.15, 0.2) is 36.4 Å². The summed E-state index contributed by atoms with van der Waals surface area (Å²) in [5, 5.41) is 14.2. The minimum atomic E-state index is -0.713. The van der Waals surface area contributed by atoms with E-state index in [1.165, 1.54) is 6.07 Å². The first-order valence-electron chi connectivity index (χ1n) is 5.13. The van der Waals surface area contributed by atoms with Crippen molar-refractivity contribution < 1.29 is 9.31 Å². The molecule has 98 valence electrons. The SMILES string of the molecule is O=[N+]([O-])c1cc(F)cc(Nc2cc(Cl)ccc2Cl)c1. The van der Waals surface area contributed by atoms with Gasteiger partial charge in [0.05, 0.1) is 21.7 Å². The third-order valence-electron chi connectivity index (χ3n) is 2.30. The molecule has 0 saturated carbocycles. The molecule has 0 aliphatic heterocycles. The highest BCUT2D eigenvalue weighted by atomic mass is 35.5. The number of anilines is 2. The first-order chi connectivity index (χ1) is 8.95. The summed E-state index contributed by atoms with van der Waals surface area (Å²) >= 11 is 11.8. The lowest BCUT2D eigenvalue weighted by Gasteiger charge is -2.09. The van der Waals surface area contributed by atoms with Crippen LogP contribution in [-0.2, 0) is 0 Å². The molecule has 2 rings (SSSR count). The first kappa shape index (κ1) is 13.6. The summed E-state index contributed by atoms with van der Waals surface area (Å²) < 4.78 is 13.3. The fourth-order valence-electron chi connectivity index (χ4n) is 1.50. The molecule has 0 spiro atoms. The number of hydrogen-bond donors (Lipinski definition) is 1. The van der Waals surface area contributed by atoms with Crippen molar-refractivity contribution in [1.29, 1.82) is 0 Å². The third kappa shape index (κ3) is 3.33. The second-order valence-electron chi connectivity index (χ2n) is 3.70. The minimum Gasteiger partial charge on any atom is -0.354 e. The highest BCUT2D eigenvalue weighted by Crippen LogP contribution is 2.30. The van der Waals surface area contributed by atoms with Crippen LogP contribution >= 0.6 is 23.2 Å². The van der Waals surface area contributed by atoms with Crippen LogP contribution in [-0.4, -0.2) is 4.92 Å². The highest BCUT2D eigenvalue weighted by molar-refractivity contribution is 6.35. The predicted octanol–water partition coefficient (Wildman–Crippen LogP) is 4.78. The largest absolute Gasteiger partial charge is 0.354 e. The van der Waals surface area contributed by atoms with Crippen molar-refractivity contribution in [2.75, 3.05) is 5.32 Å². The second kappa shape index (κ2) is 5.42. The molecule has 0 amide bonds. The molecule has 4 nitrogen and oxygen atoms in total. The summed E-state index contributed by atoms with van der Waals surface area (Å²) in [6, 6.07) is 7.89. The number of nitrogens with one attached hydrogen (secondary N) is 1. The Morgan fingerprint density at radius 1 is 1.16 bits per heavy atom. The Bertz CT molecular complexity index is 650. The number of nitro groups is 1. The Labute approximate surface area is 117 Å². The normalized spacial score (nSPS) is 10.3. The van der Waals surface area contributed by atoms with E-state index in [1.807, 2.05) is 0 Å². The van der Waals surface area contributed by atoms with E-state index >= 15 is 0 Å². The molecule has 2 aromatic rings. The van der Waals surface area contributed by atoms with E-state index in [-0.39, 0.29) is 11.4 Å². The van der Waals surface area contributed by atoms with Crippen LogP contribution < -0.4 is 5.32 Å². The van der Waals surface area contributed by atoms with Crippen LogP contribution in [0.1, 0.15) is 0 Å². The van der Waals surface area contributed by atoms with Gasteiger partial charge in [-0.2, -0.15) is 0 Å². The molecule has 1 N–H and O–H groups in total. The summed E-state index contributed by atoms with van der Waals surface area (Å²) in [7, 11) is 0. The number of benzene rings is 2. The third-order valence-corrected chi connectivity index (χ3v) is 2.87. The molecule has 7 heteroatoms. The van der Waals surface area contributed by atoms with Crippen molar-refractivity contribution in [3.8, 4) is 0 Å². The monoisotopic (exact) mass is 300 g/mol. The molecule has 0 aliphatic rings. The molecular formula is C12H7Cl2FN2O2. The smallest absolute Gasteiger partial charge is 0.274 e. The zero-order chi connectivity index (χ0) is 14.0. The van der Waals surface area contributed by atoms with Gasteiger partial charge in [0.15, 0.2) is 0 Å². The lowest BCUT2D eigenvalue weighted by atomic mass is 10.2. The zero-order valence-electron chi connectivity index (χ0n) is 9.36. The average Bonchev–Trinajstić information content (AvgIpc) is 2.33. The molecule has 0 aromatic heterocycles. The van der Waals surface area contributed by atoms with E-state index in [2.05, 4.69) is 5.32 Å². The van der Waals surface area contributed by atoms with Gasteiger partial charge in [0.2, 0.25) is 0 Å². The van der Waals surface area contributed by atoms with Gasteiger partial charge in [-0.05, 0) is 24.3 Å². The Balaban J connectivity index is 2.38. The minimum absolute atomic E-state index is 0.218. The van der Waals surface area contributed by atoms with Crippen molar-refractivity contribution in [2.45, 2.75) is 0 Å². The van der Waals surface area contributed by atoms with E-state index in [1.54, 1.807) is 18.2 Å². The summed E-state index contributed by atoms with van der Waals surface area (Å²) in [5.41, 5.74) is 0.311. The number of halogens is 3. The van der Waals surface area contributed by atoms with Crippen LogP contribution in [0.5, 0.6) is 0 Å². The Morgan fingerprint density at radius 2 is 1.89 bits per heavy atom. The molecule has 0 fully saturated rings. The Hall–Kier alpha value is -1.85. The zero-order valence-corrected chi connectivity index (χ0v) is 10.9. The molecule has 0 saturated heterocycles. The summed E-state index contributed by atoms with van der Waals surface area (Å²) in [6.07, 6.45) is 0. The molecule has 2 aromatic carbocycles. The van der Waals surface area contributed by atoms with Crippen molar-refractivity contribution in [3.63, 3.8) is 0 Å². The number of rotatable bonds is 3. The van der Waals surface area contributed by atoms with Gasteiger partial charge < -0.3 is 5.32 Å². The van der Waals surface area contributed by atoms with Gasteiger partial charge in [0, 0.05) is 16.8 Å². The lowest BCUT2D eigenvalue weighted by Crippen LogP contribution is -1.95. The quantitative estimate of drug-likeness (QED) is 0.655. The molecule has 0 radical (unpaired) electrons. The van der Waals surface area contributed by atoms with Crippen molar-refractivity contribution in [1.82, 2.24) is 0 Å². The number of nitrogens with zero attached hydrogens (tertiary/aromatic N) is 1. The maximum absolute atomic E-state index is 13.3. The second-order valence-corrected chi connectivity index (χ2v) is 4.55. The molecule has 0 heterocycles. The molecule has 19 heavy (non-hydrogen) atoms. The van der Waals surface area contributed by atoms with Crippen LogP contribution in [0, 0.1) is 15.9 Å². The maximum atomic E-state index is 13.3. The van der Waals surface area contributed by atoms with Gasteiger partial charge in [0.25, 0.3) is 5.69 Å². The Morgan fingerprint density at radius 3 is 2.58 bits per heavy atom. The van der Waals surface area contributed by atoms with Crippen molar-refractivity contribution in [2.24, 2.45) is 0 Å². The molecule has 0 aliphatic carbocycles. The number of hydrogen-bond acceptors (Lipinski definition) is 3. The van der Waals surface area contributed by atoms with Gasteiger partial charge in [-0.15, -0.1) is 0 Å². The summed E-state index contributed by atoms with van der Waals surface area (Å²) in [4.78, 5) is 9.97. The van der Waals surface area contributed by atoms with E-state index in [0.29, 0.717) is 15.7 Å². The first-order valence-corrected chi connectivity index (χ1v) is 5.88. The lowest BCUT2D eigenvalue weighted by molar-refractivity contribution is -0.385. The van der Waals surface area contributed by atoms with Gasteiger partial charge >= 0.3 is 0 Å². The maximum Gasteiger partial charge on any atom is 0.274 e. The van der Waals surface area contributed by atoms with Crippen LogP contribution in [0.3, 0.4) is 0 Å². The average molecular weight is 301 g/mol. The van der Waals surface area contributed by atoms with E-state index < -0.39 is 10.7 Å². The van der Waals surface area contributed by atoms with E-state index in [9.17, 15) is 14.5 Å². The van der Waals surface area contributed by atoms with Crippen molar-refractivity contribution >= 4 is 40.3 Å². The van der Waals surface area contributed by atoms with Crippen LogP contribution in [0.4, 0.5) is 21.5 Å².